The minimum Gasteiger partial charge on any atom is -0.355 e. The fraction of sp³-hybridized carbons (Fsp3) is 0.364. The number of rotatable bonds is 5. The number of hydrogen-bond donors (Lipinski definition) is 1. The summed E-state index contributed by atoms with van der Waals surface area (Å²) >= 11 is 0. The normalized spacial score (nSPS) is 18.1. The first-order chi connectivity index (χ1) is 16.7. The molecule has 11 nitrogen and oxygen atoms in total. The van der Waals surface area contributed by atoms with Gasteiger partial charge in [-0.1, -0.05) is 0 Å². The monoisotopic (exact) mass is 498 g/mol. The Morgan fingerprint density at radius 3 is 2.51 bits per heavy atom. The summed E-state index contributed by atoms with van der Waals surface area (Å²) in [7, 11) is -3.62. The quantitative estimate of drug-likeness (QED) is 0.545. The van der Waals surface area contributed by atoms with Crippen LogP contribution in [0.15, 0.2) is 36.8 Å². The van der Waals surface area contributed by atoms with Gasteiger partial charge in [0.25, 0.3) is 0 Å². The third-order valence-electron chi connectivity index (χ3n) is 6.09. The van der Waals surface area contributed by atoms with Gasteiger partial charge in [-0.3, -0.25) is 9.52 Å². The van der Waals surface area contributed by atoms with Crippen LogP contribution < -0.4 is 14.5 Å². The van der Waals surface area contributed by atoms with Crippen LogP contribution in [0.1, 0.15) is 24.2 Å². The average molecular weight is 499 g/mol. The van der Waals surface area contributed by atoms with Crippen LogP contribution in [0.2, 0.25) is 0 Å². The molecule has 0 spiro atoms. The molecule has 1 amide bonds. The predicted octanol–water partition coefficient (Wildman–Crippen LogP) is 1.10. The number of hydrogen-bond acceptors (Lipinski definition) is 10. The molecular formula is C22H23FN8O3S. The van der Waals surface area contributed by atoms with Gasteiger partial charge >= 0.3 is 0 Å². The maximum absolute atomic E-state index is 14.6. The number of amides is 1. The second kappa shape index (κ2) is 8.80. The standard InChI is InChI=1S/C22H23FN8O3S/c1-13-16-10-26-21(20-24-5-3-6-25-20)27-17(16)4-7-31(13)19-9-15(23)8-18(28-19)30-11-14(12-30)22(32)29-35(2,33)34/h3,5-6,8-10,13-14H,4,7,11-12H2,1-2H3,(H,29,32). The van der Waals surface area contributed by atoms with Crippen LogP contribution in [0, 0.1) is 11.7 Å². The lowest BCUT2D eigenvalue weighted by Crippen LogP contribution is -2.54. The van der Waals surface area contributed by atoms with Crippen molar-refractivity contribution in [3.63, 3.8) is 0 Å². The van der Waals surface area contributed by atoms with Crippen LogP contribution in [-0.4, -0.2) is 65.1 Å². The summed E-state index contributed by atoms with van der Waals surface area (Å²) in [5, 5.41) is 0. The smallest absolute Gasteiger partial charge is 0.240 e. The maximum Gasteiger partial charge on any atom is 0.240 e. The minimum absolute atomic E-state index is 0.142. The fourth-order valence-electron chi connectivity index (χ4n) is 4.28. The molecule has 0 aliphatic carbocycles. The molecular weight excluding hydrogens is 475 g/mol. The Balaban J connectivity index is 1.33. The molecule has 1 atom stereocenters. The van der Waals surface area contributed by atoms with Crippen LogP contribution in [-0.2, 0) is 21.2 Å². The van der Waals surface area contributed by atoms with Crippen molar-refractivity contribution < 1.29 is 17.6 Å². The number of carbonyl (C=O) groups is 1. The second-order valence-corrected chi connectivity index (χ2v) is 10.4. The van der Waals surface area contributed by atoms with Crippen molar-refractivity contribution in [2.24, 2.45) is 5.92 Å². The van der Waals surface area contributed by atoms with Gasteiger partial charge in [0.1, 0.15) is 17.5 Å². The van der Waals surface area contributed by atoms with E-state index in [2.05, 4.69) is 24.9 Å². The Morgan fingerprint density at radius 2 is 1.80 bits per heavy atom. The Kier molecular flexibility index (Phi) is 5.79. The van der Waals surface area contributed by atoms with E-state index in [0.717, 1.165) is 17.5 Å². The highest BCUT2D eigenvalue weighted by molar-refractivity contribution is 7.89. The number of pyridine rings is 1. The topological polar surface area (TPSA) is 134 Å². The highest BCUT2D eigenvalue weighted by Gasteiger charge is 2.35. The third kappa shape index (κ3) is 4.76. The number of fused-ring (bicyclic) bond motifs is 1. The molecule has 35 heavy (non-hydrogen) atoms. The van der Waals surface area contributed by atoms with E-state index < -0.39 is 27.7 Å². The predicted molar refractivity (Wildman–Crippen MR) is 125 cm³/mol. The summed E-state index contributed by atoms with van der Waals surface area (Å²) in [6.07, 6.45) is 6.59. The molecule has 0 aromatic carbocycles. The zero-order chi connectivity index (χ0) is 24.7. The number of nitrogens with one attached hydrogen (secondary N) is 1. The van der Waals surface area contributed by atoms with Crippen molar-refractivity contribution in [1.82, 2.24) is 29.6 Å². The Hall–Kier alpha value is -3.74. The van der Waals surface area contributed by atoms with Gasteiger partial charge in [0.15, 0.2) is 11.6 Å². The molecule has 3 aromatic rings. The molecule has 2 aliphatic heterocycles. The van der Waals surface area contributed by atoms with Crippen molar-refractivity contribution in [3.8, 4) is 11.6 Å². The minimum atomic E-state index is -3.62. The van der Waals surface area contributed by atoms with E-state index in [4.69, 9.17) is 0 Å². The van der Waals surface area contributed by atoms with E-state index in [1.807, 2.05) is 16.5 Å². The van der Waals surface area contributed by atoms with E-state index in [-0.39, 0.29) is 19.1 Å². The van der Waals surface area contributed by atoms with Crippen LogP contribution >= 0.6 is 0 Å². The van der Waals surface area contributed by atoms with E-state index >= 15 is 0 Å². The number of halogens is 1. The van der Waals surface area contributed by atoms with Gasteiger partial charge in [-0.15, -0.1) is 0 Å². The zero-order valence-corrected chi connectivity index (χ0v) is 19.9. The third-order valence-corrected chi connectivity index (χ3v) is 6.66. The van der Waals surface area contributed by atoms with E-state index in [9.17, 15) is 17.6 Å². The molecule has 2 aliphatic rings. The number of carbonyl (C=O) groups excluding carboxylic acids is 1. The first kappa shape index (κ1) is 23.0. The summed E-state index contributed by atoms with van der Waals surface area (Å²) in [5.74, 6) is 0.274. The van der Waals surface area contributed by atoms with Crippen molar-refractivity contribution in [3.05, 3.63) is 53.9 Å². The van der Waals surface area contributed by atoms with E-state index in [1.54, 1.807) is 29.6 Å². The van der Waals surface area contributed by atoms with Gasteiger partial charge in [0.2, 0.25) is 15.9 Å². The summed E-state index contributed by atoms with van der Waals surface area (Å²) in [6, 6.07) is 4.28. The molecule has 5 heterocycles. The van der Waals surface area contributed by atoms with Crippen molar-refractivity contribution >= 4 is 27.6 Å². The maximum atomic E-state index is 14.6. The molecule has 0 bridgehead atoms. The molecule has 182 valence electrons. The summed E-state index contributed by atoms with van der Waals surface area (Å²) in [5.41, 5.74) is 1.82. The molecule has 1 saturated heterocycles. The molecule has 3 aromatic heterocycles. The molecule has 1 unspecified atom stereocenters. The fourth-order valence-corrected chi connectivity index (χ4v) is 4.81. The van der Waals surface area contributed by atoms with Gasteiger partial charge in [0, 0.05) is 62.3 Å². The Bertz CT molecular complexity index is 1380. The SMILES string of the molecule is CC1c2cnc(-c3ncccn3)nc2CCN1c1cc(F)cc(N2CC(C(=O)NS(C)(=O)=O)C2)n1. The van der Waals surface area contributed by atoms with Gasteiger partial charge in [-0.25, -0.2) is 37.7 Å². The number of nitrogens with zero attached hydrogens (tertiary/aromatic N) is 7. The van der Waals surface area contributed by atoms with Gasteiger partial charge in [-0.05, 0) is 13.0 Å². The van der Waals surface area contributed by atoms with Gasteiger partial charge in [-0.2, -0.15) is 0 Å². The zero-order valence-electron chi connectivity index (χ0n) is 19.1. The van der Waals surface area contributed by atoms with E-state index in [1.165, 1.54) is 12.1 Å². The van der Waals surface area contributed by atoms with Crippen molar-refractivity contribution in [2.75, 3.05) is 35.7 Å². The number of anilines is 2. The molecule has 1 N–H and O–H groups in total. The largest absolute Gasteiger partial charge is 0.355 e. The lowest BCUT2D eigenvalue weighted by molar-refractivity contribution is -0.123. The lowest BCUT2D eigenvalue weighted by atomic mass is 9.99. The van der Waals surface area contributed by atoms with Crippen LogP contribution in [0.25, 0.3) is 11.6 Å². The van der Waals surface area contributed by atoms with Crippen LogP contribution in [0.4, 0.5) is 16.0 Å². The second-order valence-electron chi connectivity index (χ2n) is 8.63. The van der Waals surface area contributed by atoms with Crippen LogP contribution in [0.3, 0.4) is 0 Å². The molecule has 5 rings (SSSR count). The highest BCUT2D eigenvalue weighted by Crippen LogP contribution is 2.34. The van der Waals surface area contributed by atoms with Crippen LogP contribution in [0.5, 0.6) is 0 Å². The Labute approximate surface area is 201 Å². The van der Waals surface area contributed by atoms with Gasteiger partial charge in [0.05, 0.1) is 23.9 Å². The number of sulfonamides is 1. The first-order valence-corrected chi connectivity index (χ1v) is 12.9. The Morgan fingerprint density at radius 1 is 1.09 bits per heavy atom. The van der Waals surface area contributed by atoms with Crippen molar-refractivity contribution in [1.29, 1.82) is 0 Å². The van der Waals surface area contributed by atoms with E-state index in [0.29, 0.717) is 36.3 Å². The first-order valence-electron chi connectivity index (χ1n) is 11.0. The highest BCUT2D eigenvalue weighted by atomic mass is 32.2. The summed E-state index contributed by atoms with van der Waals surface area (Å²) in [4.78, 5) is 37.9. The molecule has 1 fully saturated rings. The summed E-state index contributed by atoms with van der Waals surface area (Å²) in [6.45, 7) is 3.08. The van der Waals surface area contributed by atoms with Crippen molar-refractivity contribution in [2.45, 2.75) is 19.4 Å². The summed E-state index contributed by atoms with van der Waals surface area (Å²) < 4.78 is 39.1. The molecule has 0 radical (unpaired) electrons. The van der Waals surface area contributed by atoms with Gasteiger partial charge < -0.3 is 9.80 Å². The molecule has 0 saturated carbocycles. The molecule has 13 heteroatoms. The number of aromatic nitrogens is 5. The average Bonchev–Trinajstić information content (AvgIpc) is 2.77. The lowest BCUT2D eigenvalue weighted by Gasteiger charge is -2.40.